The van der Waals surface area contributed by atoms with Gasteiger partial charge < -0.3 is 90.3 Å². The first-order chi connectivity index (χ1) is 46.8. The number of aliphatic hydroxyl groups excluding tert-OH is 1. The molecule has 8 atom stereocenters. The number of nitrogens with one attached hydrogen (secondary N) is 8. The Labute approximate surface area is 564 Å². The van der Waals surface area contributed by atoms with E-state index in [2.05, 4.69) is 37.2 Å². The molecule has 0 fully saturated rings. The molecule has 6 aliphatic rings. The Bertz CT molecular complexity index is 4430. The minimum absolute atomic E-state index is 0.0234. The monoisotopic (exact) mass is 1390 g/mol. The van der Waals surface area contributed by atoms with Gasteiger partial charge in [0.15, 0.2) is 23.0 Å². The van der Waals surface area contributed by atoms with E-state index >= 15 is 24.0 Å². The van der Waals surface area contributed by atoms with Crippen molar-refractivity contribution < 1.29 is 99.3 Å². The molecule has 8 unspecified atom stereocenters. The van der Waals surface area contributed by atoms with Crippen LogP contribution in [0, 0.1) is 0 Å². The van der Waals surface area contributed by atoms with Crippen molar-refractivity contribution in [3.63, 3.8) is 0 Å². The fraction of sp³-hybridized carbons (Fsp3) is 0.254. The first-order valence-corrected chi connectivity index (χ1v) is 30.4. The zero-order valence-corrected chi connectivity index (χ0v) is 54.1. The number of benzene rings is 7. The van der Waals surface area contributed by atoms with Crippen LogP contribution in [-0.2, 0) is 44.8 Å². The van der Waals surface area contributed by atoms with Crippen LogP contribution in [0.2, 0.25) is 10.0 Å². The van der Waals surface area contributed by atoms with Gasteiger partial charge in [-0.2, -0.15) is 13.2 Å². The van der Waals surface area contributed by atoms with E-state index in [-0.39, 0.29) is 129 Å². The number of aliphatic hydroxyl groups is 1. The Kier molecular flexibility index (Phi) is 19.4. The highest BCUT2D eigenvalue weighted by Gasteiger charge is 2.44. The molecule has 7 aromatic carbocycles. The molecule has 26 nitrogen and oxygen atoms in total. The van der Waals surface area contributed by atoms with Crippen molar-refractivity contribution >= 4 is 70.5 Å². The van der Waals surface area contributed by atoms with Gasteiger partial charge >= 0.3 is 12.1 Å². The zero-order valence-electron chi connectivity index (χ0n) is 52.6. The summed E-state index contributed by atoms with van der Waals surface area (Å²) < 4.78 is 96.3. The van der Waals surface area contributed by atoms with E-state index in [4.69, 9.17) is 65.8 Å². The maximum atomic E-state index is 16.2. The van der Waals surface area contributed by atoms with Crippen molar-refractivity contribution in [2.75, 3.05) is 49.7 Å². The lowest BCUT2D eigenvalue weighted by atomic mass is 9.89. The second kappa shape index (κ2) is 27.9. The Balaban J connectivity index is 1.16. The average molecular weight is 1390 g/mol. The summed E-state index contributed by atoms with van der Waals surface area (Å²) in [5.41, 5.74) is -0.293. The van der Waals surface area contributed by atoms with E-state index in [0.717, 1.165) is 6.07 Å². The number of carbonyl (C=O) groups is 8. The van der Waals surface area contributed by atoms with Gasteiger partial charge in [-0.1, -0.05) is 47.5 Å². The molecule has 0 aliphatic carbocycles. The molecule has 0 saturated carbocycles. The molecule has 9 N–H and O–H groups in total. The highest BCUT2D eigenvalue weighted by atomic mass is 35.5. The molecule has 0 aromatic heterocycles. The summed E-state index contributed by atoms with van der Waals surface area (Å²) >= 11 is 14.0. The van der Waals surface area contributed by atoms with Crippen LogP contribution in [0.25, 0.3) is 11.1 Å². The predicted octanol–water partition coefficient (Wildman–Crippen LogP) is 7.18. The summed E-state index contributed by atoms with van der Waals surface area (Å²) in [6.45, 7) is 0. The molecule has 510 valence electrons. The smallest absolute Gasteiger partial charge is 0.471 e. The van der Waals surface area contributed by atoms with Gasteiger partial charge in [0.1, 0.15) is 88.6 Å². The van der Waals surface area contributed by atoms with Crippen LogP contribution in [0.15, 0.2) is 115 Å². The Hall–Kier alpha value is -11.2. The number of ether oxygens (including phenoxy) is 9. The van der Waals surface area contributed by atoms with Crippen molar-refractivity contribution in [3.05, 3.63) is 164 Å². The maximum absolute atomic E-state index is 16.2. The van der Waals surface area contributed by atoms with Crippen molar-refractivity contribution in [1.29, 1.82) is 0 Å². The largest absolute Gasteiger partial charge is 0.497 e. The number of rotatable bonds is 8. The van der Waals surface area contributed by atoms with Crippen LogP contribution in [0.3, 0.4) is 0 Å². The van der Waals surface area contributed by atoms with Crippen LogP contribution in [-0.4, -0.2) is 120 Å². The fourth-order valence-electron chi connectivity index (χ4n) is 11.6. The minimum atomic E-state index is -5.52. The summed E-state index contributed by atoms with van der Waals surface area (Å²) in [6.07, 6.45) is -8.06. The quantitative estimate of drug-likeness (QED) is 0.0727. The third-order valence-electron chi connectivity index (χ3n) is 16.4. The molecule has 0 radical (unpaired) electrons. The number of likely N-dealkylation sites (N-methyl/N-ethyl adjacent to an activating group) is 1. The number of fused-ring (bicyclic) bond motifs is 14. The lowest BCUT2D eigenvalue weighted by Gasteiger charge is -2.32. The average Bonchev–Trinajstić information content (AvgIpc) is 0.762. The van der Waals surface area contributed by atoms with Crippen LogP contribution in [0.5, 0.6) is 69.0 Å². The van der Waals surface area contributed by atoms with E-state index in [1.807, 2.05) is 0 Å². The third-order valence-corrected chi connectivity index (χ3v) is 17.0. The molecule has 13 rings (SSSR count). The number of methoxy groups -OCH3 is 6. The minimum Gasteiger partial charge on any atom is -0.497 e. The van der Waals surface area contributed by atoms with Crippen LogP contribution >= 0.6 is 23.2 Å². The summed E-state index contributed by atoms with van der Waals surface area (Å²) in [6, 6.07) is 11.4. The van der Waals surface area contributed by atoms with Gasteiger partial charge in [-0.05, 0) is 118 Å². The molecular formula is C67H59Cl2F3N8O18. The lowest BCUT2D eigenvalue weighted by Crippen LogP contribution is -2.56. The number of alkyl halides is 3. The molecular weight excluding hydrogens is 1330 g/mol. The Morgan fingerprint density at radius 3 is 1.70 bits per heavy atom. The van der Waals surface area contributed by atoms with Gasteiger partial charge in [0, 0.05) is 36.7 Å². The molecule has 31 heteroatoms. The number of hydrogen-bond donors (Lipinski definition) is 9. The Morgan fingerprint density at radius 1 is 0.520 bits per heavy atom. The van der Waals surface area contributed by atoms with Gasteiger partial charge in [-0.25, -0.2) is 0 Å². The number of halogens is 5. The molecule has 7 aromatic rings. The first kappa shape index (κ1) is 68.2. The Morgan fingerprint density at radius 2 is 1.09 bits per heavy atom. The standard InChI is InChI=1S/C67H59Cl2F3N8O18/c1-73-60(83)55-38-26-35(91-3)27-47(94-6)50(38)37-20-29(9-13-42(37)92-4)51-62(85)79-56(65(88)78-55)57(81)31-11-14-44(40(69)21-31)98-49-24-33-23-48(58(49)95-7)97-43-12-8-28(16-39(43)68)17-41-59(82)75-53(63(86)77-54(33)64(87)76-51)32-18-34(90-2)25-36(19-32)96-46-22-30(10-15-45(46)93-5)52(61(84)74-41)80-66(89)67(70,71)72/h8-16,18-27,41,51-57,81H,17H2,1-7H3,(H,73,83)(H,74,84)(H,75,82)(H,76,87)(H,77,86)(H,78,88)(H,79,85)(H,80,89). The summed E-state index contributed by atoms with van der Waals surface area (Å²) in [4.78, 5) is 120. The van der Waals surface area contributed by atoms with Crippen molar-refractivity contribution in [1.82, 2.24) is 42.5 Å². The topological polar surface area (TPSA) is 336 Å². The van der Waals surface area contributed by atoms with Crippen LogP contribution < -0.4 is 85.2 Å². The van der Waals surface area contributed by atoms with E-state index in [1.54, 1.807) is 5.32 Å². The van der Waals surface area contributed by atoms with E-state index in [9.17, 15) is 32.7 Å². The van der Waals surface area contributed by atoms with E-state index in [0.29, 0.717) is 0 Å². The number of hydrogen-bond acceptors (Lipinski definition) is 18. The van der Waals surface area contributed by atoms with Gasteiger partial charge in [-0.3, -0.25) is 38.4 Å². The van der Waals surface area contributed by atoms with Crippen LogP contribution in [0.1, 0.15) is 75.3 Å². The fourth-order valence-corrected chi connectivity index (χ4v) is 12.1. The normalized spacial score (nSPS) is 20.6. The molecule has 0 saturated heterocycles. The van der Waals surface area contributed by atoms with Gasteiger partial charge in [-0.15, -0.1) is 0 Å². The highest BCUT2D eigenvalue weighted by molar-refractivity contribution is 6.32. The molecule has 0 spiro atoms. The first-order valence-electron chi connectivity index (χ1n) is 29.6. The summed E-state index contributed by atoms with van der Waals surface area (Å²) in [5, 5.41) is 32.1. The molecule has 8 amide bonds. The predicted molar refractivity (Wildman–Crippen MR) is 341 cm³/mol. The number of carbonyl (C=O) groups excluding carboxylic acids is 8. The van der Waals surface area contributed by atoms with Crippen molar-refractivity contribution in [3.8, 4) is 80.1 Å². The van der Waals surface area contributed by atoms with Gasteiger partial charge in [0.25, 0.3) is 0 Å². The molecule has 17 bridgehead atoms. The van der Waals surface area contributed by atoms with Crippen molar-refractivity contribution in [2.24, 2.45) is 0 Å². The number of amides is 8. The highest BCUT2D eigenvalue weighted by Crippen LogP contribution is 2.49. The van der Waals surface area contributed by atoms with Crippen LogP contribution in [0.4, 0.5) is 13.2 Å². The van der Waals surface area contributed by atoms with Gasteiger partial charge in [0.05, 0.1) is 52.7 Å². The lowest BCUT2D eigenvalue weighted by molar-refractivity contribution is -0.174. The summed E-state index contributed by atoms with van der Waals surface area (Å²) in [5.74, 6) is -11.8. The van der Waals surface area contributed by atoms with E-state index < -0.39 is 108 Å². The third kappa shape index (κ3) is 13.7. The maximum Gasteiger partial charge on any atom is 0.471 e. The van der Waals surface area contributed by atoms with Crippen molar-refractivity contribution in [2.45, 2.75) is 61.0 Å². The van der Waals surface area contributed by atoms with Gasteiger partial charge in [0.2, 0.25) is 47.1 Å². The second-order valence-electron chi connectivity index (χ2n) is 22.4. The SMILES string of the molecule is CNC(=O)C1NC(=O)C2NC(=O)C(NC(=O)C3NC(=O)C4NC(=O)C(Cc5ccc(c(Cl)c5)Oc5cc3cc(c5OC)Oc3ccc(cc3Cl)C2O)NC(=O)C(NC(=O)C(F)(F)F)c2ccc(OC)c(c2)Oc2cc(OC)cc4c2)c2ccc(OC)c(c2)-c2c(OC)cc(OC)cc21. The summed E-state index contributed by atoms with van der Waals surface area (Å²) in [7, 11) is 9.09. The van der Waals surface area contributed by atoms with E-state index in [1.165, 1.54) is 159 Å². The zero-order chi connectivity index (χ0) is 70.2. The molecule has 6 aliphatic heterocycles. The molecule has 98 heavy (non-hydrogen) atoms. The molecule has 6 heterocycles. The second-order valence-corrected chi connectivity index (χ2v) is 23.2.